The summed E-state index contributed by atoms with van der Waals surface area (Å²) in [6.45, 7) is 1.84. The van der Waals surface area contributed by atoms with Gasteiger partial charge in [-0.1, -0.05) is 11.6 Å². The number of fused-ring (bicyclic) bond motifs is 2. The lowest BCUT2D eigenvalue weighted by Crippen LogP contribution is -2.13. The van der Waals surface area contributed by atoms with Crippen LogP contribution in [0.3, 0.4) is 0 Å². The standard InChI is InChI=1S/C15H12ClN5O2S/c1-9-4-15-18-6-11(8-21(15)19-9)20-24(22,23)14-7-17-13-5-10(16)2-3-12(13)14/h2-8,17,20H,1H3. The molecule has 2 N–H and O–H groups in total. The average molecular weight is 362 g/mol. The molecule has 9 heteroatoms. The molecule has 0 saturated carbocycles. The van der Waals surface area contributed by atoms with Crippen molar-refractivity contribution >= 4 is 43.9 Å². The number of hydrogen-bond acceptors (Lipinski definition) is 4. The SMILES string of the molecule is Cc1cc2ncc(NS(=O)(=O)c3c[nH]c4cc(Cl)ccc34)cn2n1. The number of H-pyrrole nitrogens is 1. The third-order valence-corrected chi connectivity index (χ3v) is 5.24. The molecule has 0 radical (unpaired) electrons. The maximum Gasteiger partial charge on any atom is 0.264 e. The zero-order chi connectivity index (χ0) is 16.9. The number of aromatic amines is 1. The van der Waals surface area contributed by atoms with E-state index in [4.69, 9.17) is 11.6 Å². The maximum absolute atomic E-state index is 12.7. The van der Waals surface area contributed by atoms with Gasteiger partial charge in [-0.3, -0.25) is 4.72 Å². The fraction of sp³-hybridized carbons (Fsp3) is 0.0667. The minimum atomic E-state index is -3.78. The van der Waals surface area contributed by atoms with Gasteiger partial charge in [0, 0.05) is 28.2 Å². The number of sulfonamides is 1. The largest absolute Gasteiger partial charge is 0.360 e. The molecule has 0 amide bonds. The van der Waals surface area contributed by atoms with Crippen molar-refractivity contribution < 1.29 is 8.42 Å². The van der Waals surface area contributed by atoms with E-state index in [1.165, 1.54) is 16.9 Å². The van der Waals surface area contributed by atoms with E-state index in [1.54, 1.807) is 24.4 Å². The van der Waals surface area contributed by atoms with Crippen molar-refractivity contribution in [3.05, 3.63) is 53.6 Å². The number of hydrogen-bond donors (Lipinski definition) is 2. The minimum Gasteiger partial charge on any atom is -0.360 e. The van der Waals surface area contributed by atoms with E-state index in [0.29, 0.717) is 27.3 Å². The first-order valence-electron chi connectivity index (χ1n) is 7.04. The minimum absolute atomic E-state index is 0.144. The lowest BCUT2D eigenvalue weighted by molar-refractivity contribution is 0.602. The van der Waals surface area contributed by atoms with Crippen LogP contribution in [0.4, 0.5) is 5.69 Å². The molecular formula is C15H12ClN5O2S. The van der Waals surface area contributed by atoms with E-state index in [-0.39, 0.29) is 4.90 Å². The van der Waals surface area contributed by atoms with Crippen LogP contribution in [-0.4, -0.2) is 28.0 Å². The molecule has 0 atom stereocenters. The van der Waals surface area contributed by atoms with Gasteiger partial charge >= 0.3 is 0 Å². The van der Waals surface area contributed by atoms with Crippen molar-refractivity contribution in [2.75, 3.05) is 4.72 Å². The number of nitrogens with one attached hydrogen (secondary N) is 2. The third-order valence-electron chi connectivity index (χ3n) is 3.58. The van der Waals surface area contributed by atoms with Crippen LogP contribution in [-0.2, 0) is 10.0 Å². The van der Waals surface area contributed by atoms with Crippen LogP contribution in [0.15, 0.2) is 47.8 Å². The highest BCUT2D eigenvalue weighted by Crippen LogP contribution is 2.26. The Balaban J connectivity index is 1.75. The van der Waals surface area contributed by atoms with Gasteiger partial charge in [0.1, 0.15) is 4.90 Å². The van der Waals surface area contributed by atoms with Crippen LogP contribution in [0.25, 0.3) is 16.6 Å². The molecule has 7 nitrogen and oxygen atoms in total. The molecular weight excluding hydrogens is 350 g/mol. The van der Waals surface area contributed by atoms with Gasteiger partial charge in [-0.15, -0.1) is 0 Å². The molecule has 3 heterocycles. The summed E-state index contributed by atoms with van der Waals surface area (Å²) < 4.78 is 29.4. The molecule has 0 unspecified atom stereocenters. The number of aromatic nitrogens is 4. The Morgan fingerprint density at radius 3 is 2.96 bits per heavy atom. The van der Waals surface area contributed by atoms with Crippen LogP contribution in [0.5, 0.6) is 0 Å². The summed E-state index contributed by atoms with van der Waals surface area (Å²) in [6, 6.07) is 6.80. The van der Waals surface area contributed by atoms with Gasteiger partial charge in [0.2, 0.25) is 0 Å². The van der Waals surface area contributed by atoms with E-state index in [0.717, 1.165) is 5.69 Å². The van der Waals surface area contributed by atoms with Crippen LogP contribution in [0, 0.1) is 6.92 Å². The highest BCUT2D eigenvalue weighted by molar-refractivity contribution is 7.93. The summed E-state index contributed by atoms with van der Waals surface area (Å²) in [5, 5.41) is 5.32. The monoisotopic (exact) mass is 361 g/mol. The molecule has 0 aliphatic carbocycles. The number of anilines is 1. The second kappa shape index (κ2) is 5.22. The zero-order valence-corrected chi connectivity index (χ0v) is 14.1. The molecule has 122 valence electrons. The lowest BCUT2D eigenvalue weighted by atomic mass is 10.2. The summed E-state index contributed by atoms with van der Waals surface area (Å²) >= 11 is 5.93. The first kappa shape index (κ1) is 15.0. The van der Waals surface area contributed by atoms with Crippen molar-refractivity contribution in [3.8, 4) is 0 Å². The molecule has 0 bridgehead atoms. The van der Waals surface area contributed by atoms with E-state index >= 15 is 0 Å². The van der Waals surface area contributed by atoms with Crippen molar-refractivity contribution in [3.63, 3.8) is 0 Å². The Bertz CT molecular complexity index is 1180. The fourth-order valence-electron chi connectivity index (χ4n) is 2.55. The Morgan fingerprint density at radius 1 is 1.29 bits per heavy atom. The van der Waals surface area contributed by atoms with E-state index in [1.807, 2.05) is 13.0 Å². The normalized spacial score (nSPS) is 12.1. The Kier molecular flexibility index (Phi) is 3.26. The van der Waals surface area contributed by atoms with Gasteiger partial charge in [0.25, 0.3) is 10.0 Å². The molecule has 4 rings (SSSR count). The fourth-order valence-corrected chi connectivity index (χ4v) is 3.93. The van der Waals surface area contributed by atoms with Crippen LogP contribution in [0.2, 0.25) is 5.02 Å². The summed E-state index contributed by atoms with van der Waals surface area (Å²) in [7, 11) is -3.78. The predicted molar refractivity (Wildman–Crippen MR) is 91.8 cm³/mol. The second-order valence-corrected chi connectivity index (χ2v) is 7.47. The molecule has 1 aromatic carbocycles. The average Bonchev–Trinajstić information content (AvgIpc) is 3.08. The zero-order valence-electron chi connectivity index (χ0n) is 12.5. The van der Waals surface area contributed by atoms with E-state index in [2.05, 4.69) is 19.8 Å². The molecule has 3 aromatic heterocycles. The quantitative estimate of drug-likeness (QED) is 0.586. The predicted octanol–water partition coefficient (Wildman–Crippen LogP) is 2.97. The van der Waals surface area contributed by atoms with Crippen molar-refractivity contribution in [2.24, 2.45) is 0 Å². The van der Waals surface area contributed by atoms with Crippen LogP contribution < -0.4 is 4.72 Å². The summed E-state index contributed by atoms with van der Waals surface area (Å²) in [6.07, 6.45) is 4.48. The molecule has 24 heavy (non-hydrogen) atoms. The van der Waals surface area contributed by atoms with E-state index < -0.39 is 10.0 Å². The number of aryl methyl sites for hydroxylation is 1. The molecule has 4 aromatic rings. The van der Waals surface area contributed by atoms with Crippen LogP contribution in [0.1, 0.15) is 5.69 Å². The molecule has 0 fully saturated rings. The lowest BCUT2D eigenvalue weighted by Gasteiger charge is -2.07. The van der Waals surface area contributed by atoms with Gasteiger partial charge in [0.05, 0.1) is 23.8 Å². The number of benzene rings is 1. The van der Waals surface area contributed by atoms with Crippen molar-refractivity contribution in [2.45, 2.75) is 11.8 Å². The van der Waals surface area contributed by atoms with Crippen molar-refractivity contribution in [1.82, 2.24) is 19.6 Å². The maximum atomic E-state index is 12.7. The Hall–Kier alpha value is -2.58. The van der Waals surface area contributed by atoms with Crippen molar-refractivity contribution in [1.29, 1.82) is 0 Å². The highest BCUT2D eigenvalue weighted by atomic mass is 35.5. The summed E-state index contributed by atoms with van der Waals surface area (Å²) in [5.74, 6) is 0. The second-order valence-electron chi connectivity index (χ2n) is 5.38. The number of nitrogens with zero attached hydrogens (tertiary/aromatic N) is 3. The van der Waals surface area contributed by atoms with Crippen LogP contribution >= 0.6 is 11.6 Å². The van der Waals surface area contributed by atoms with Gasteiger partial charge in [-0.2, -0.15) is 5.10 Å². The number of halogens is 1. The van der Waals surface area contributed by atoms with Gasteiger partial charge < -0.3 is 4.98 Å². The molecule has 0 saturated heterocycles. The molecule has 0 aliphatic heterocycles. The Labute approximate surface area is 142 Å². The Morgan fingerprint density at radius 2 is 2.12 bits per heavy atom. The first-order valence-corrected chi connectivity index (χ1v) is 8.90. The van der Waals surface area contributed by atoms with Gasteiger partial charge in [-0.25, -0.2) is 17.9 Å². The smallest absolute Gasteiger partial charge is 0.264 e. The molecule has 0 spiro atoms. The van der Waals surface area contributed by atoms with Gasteiger partial charge in [0.15, 0.2) is 5.65 Å². The summed E-state index contributed by atoms with van der Waals surface area (Å²) in [4.78, 5) is 7.25. The van der Waals surface area contributed by atoms with E-state index in [9.17, 15) is 8.42 Å². The molecule has 0 aliphatic rings. The number of rotatable bonds is 3. The highest BCUT2D eigenvalue weighted by Gasteiger charge is 2.19. The third kappa shape index (κ3) is 2.49. The first-order chi connectivity index (χ1) is 11.4. The van der Waals surface area contributed by atoms with Gasteiger partial charge in [-0.05, 0) is 25.1 Å². The summed E-state index contributed by atoms with van der Waals surface area (Å²) in [5.41, 5.74) is 2.43. The topological polar surface area (TPSA) is 92.1 Å².